The Labute approximate surface area is 93.0 Å². The van der Waals surface area contributed by atoms with E-state index in [-0.39, 0.29) is 40.1 Å². The molecule has 9 heteroatoms. The minimum Gasteiger partial charge on any atom is -0.521 e. The zero-order valence-electron chi connectivity index (χ0n) is 3.85. The van der Waals surface area contributed by atoms with Gasteiger partial charge in [0.1, 0.15) is 0 Å². The molecule has 0 bridgehead atoms. The van der Waals surface area contributed by atoms with E-state index in [4.69, 9.17) is 17.1 Å². The summed E-state index contributed by atoms with van der Waals surface area (Å²) in [5.41, 5.74) is 0. The minimum atomic E-state index is -4.19. The van der Waals surface area contributed by atoms with Gasteiger partial charge in [-0.2, -0.15) is 8.42 Å². The number of hydrogen-bond acceptors (Lipinski definition) is 3. The summed E-state index contributed by atoms with van der Waals surface area (Å²) >= 11 is 0.306. The third kappa shape index (κ3) is 162. The average molecular weight is 245 g/mol. The summed E-state index contributed by atoms with van der Waals surface area (Å²) < 4.78 is 32.3. The minimum absolute atomic E-state index is 0. The fraction of sp³-hybridized carbons (Fsp3) is 0. The Kier molecular flexibility index (Phi) is 31.5. The van der Waals surface area contributed by atoms with Crippen molar-refractivity contribution in [3.05, 3.63) is 0 Å². The Morgan fingerprint density at radius 2 is 1.33 bits per heavy atom. The van der Waals surface area contributed by atoms with E-state index in [0.717, 1.165) is 0 Å². The molecule has 0 saturated heterocycles. The van der Waals surface area contributed by atoms with Crippen molar-refractivity contribution in [3.8, 4) is 0 Å². The Morgan fingerprint density at radius 1 is 1.33 bits per heavy atom. The molecule has 0 radical (unpaired) electrons. The summed E-state index contributed by atoms with van der Waals surface area (Å²) in [6.07, 6.45) is 0. The predicted octanol–water partition coefficient (Wildman–Crippen LogP) is -2.36. The molecule has 0 saturated carbocycles. The van der Waals surface area contributed by atoms with Gasteiger partial charge in [-0.3, -0.25) is 4.55 Å². The molecule has 0 heterocycles. The molecule has 2 N–H and O–H groups in total. The molecule has 0 rings (SSSR count). The van der Waals surface area contributed by atoms with Crippen LogP contribution in [0.15, 0.2) is 0 Å². The third-order valence-electron chi connectivity index (χ3n) is 0. The summed E-state index contributed by atoms with van der Waals surface area (Å²) in [7, 11) is -0.137. The Bertz CT molecular complexity index is 104. The van der Waals surface area contributed by atoms with Crippen molar-refractivity contribution in [1.82, 2.24) is 0 Å². The molecular weight excluding hydrogens is 239 g/mol. The van der Waals surface area contributed by atoms with E-state index < -0.39 is 9.33 Å². The second-order valence-corrected chi connectivity index (χ2v) is 2.41. The van der Waals surface area contributed by atoms with E-state index >= 15 is 0 Å². The second kappa shape index (κ2) is 12.6. The topological polar surface area (TPSA) is 74.6 Å². The Hall–Kier alpha value is 1.98. The van der Waals surface area contributed by atoms with E-state index in [9.17, 15) is 0 Å². The van der Waals surface area contributed by atoms with Crippen molar-refractivity contribution < 1.29 is 34.2 Å². The van der Waals surface area contributed by atoms with Crippen LogP contribution < -0.4 is 0 Å². The van der Waals surface area contributed by atoms with Gasteiger partial charge < -0.3 is 4.16 Å². The first-order valence-electron chi connectivity index (χ1n) is 1.12. The van der Waals surface area contributed by atoms with Gasteiger partial charge in [0, 0.05) is 27.8 Å². The van der Waals surface area contributed by atoms with E-state index in [2.05, 4.69) is 10.7 Å². The maximum absolute atomic E-state index is 8.95. The molecule has 0 amide bonds. The van der Waals surface area contributed by atoms with Crippen molar-refractivity contribution in [2.24, 2.45) is 0 Å². The largest absolute Gasteiger partial charge is 0.521 e. The Morgan fingerprint density at radius 3 is 1.33 bits per heavy atom. The van der Waals surface area contributed by atoms with Gasteiger partial charge in [0.2, 0.25) is 0 Å². The fourth-order valence-electron chi connectivity index (χ4n) is 0. The monoisotopic (exact) mass is 244 g/mol. The molecule has 0 aromatic rings. The van der Waals surface area contributed by atoms with Crippen molar-refractivity contribution in [2.75, 3.05) is 0 Å². The van der Waals surface area contributed by atoms with Crippen LogP contribution in [0.2, 0.25) is 0 Å². The third-order valence-corrected chi connectivity index (χ3v) is 0. The standard InChI is InChI=1S/Al.ClHO3S.Fe.Mg.H2O.4H/c;1-5(2,3)4;;;;;;;/h;(H,2,3,4);;;1H2;;;;/q+1;;;;;;;;/p-1. The predicted molar refractivity (Wildman–Crippen MR) is 36.7 cm³/mol. The van der Waals surface area contributed by atoms with Crippen LogP contribution in [0.3, 0.4) is 0 Å². The number of rotatable bonds is 0. The summed E-state index contributed by atoms with van der Waals surface area (Å²) in [6.45, 7) is 0. The van der Waals surface area contributed by atoms with Crippen molar-refractivity contribution in [2.45, 2.75) is 0 Å². The van der Waals surface area contributed by atoms with Crippen LogP contribution in [0.5, 0.6) is 0 Å². The van der Waals surface area contributed by atoms with Gasteiger partial charge in [-0.05, 0) is 0 Å². The van der Waals surface area contributed by atoms with Crippen molar-refractivity contribution in [3.63, 3.8) is 0 Å². The van der Waals surface area contributed by atoms with Gasteiger partial charge >= 0.3 is 49.0 Å². The van der Waals surface area contributed by atoms with Crippen LogP contribution in [0.1, 0.15) is 0 Å². The molecule has 56 valence electrons. The summed E-state index contributed by atoms with van der Waals surface area (Å²) in [6, 6.07) is 0. The SMILES string of the molecule is O=S(=O)(O)Cl.[Fe].[MgH2].[OH][AlH2]. The van der Waals surface area contributed by atoms with Crippen LogP contribution in [0.25, 0.3) is 0 Å². The first-order chi connectivity index (χ1) is 3.00. The number of halogens is 1. The molecule has 0 aromatic carbocycles. The molecule has 0 aliphatic heterocycles. The molecule has 0 fully saturated rings. The first-order valence-corrected chi connectivity index (χ1v) is 4.28. The molecule has 0 aliphatic rings. The maximum Gasteiger partial charge on any atom is 0.407 e. The molecule has 0 aliphatic carbocycles. The second-order valence-electron chi connectivity index (χ2n) is 0.412. The van der Waals surface area contributed by atoms with Gasteiger partial charge in [0.25, 0.3) is 0 Å². The summed E-state index contributed by atoms with van der Waals surface area (Å²) in [4.78, 5) is 0. The first kappa shape index (κ1) is 22.4. The molecular formula is H6AlClFeMgO4S. The van der Waals surface area contributed by atoms with Crippen LogP contribution in [-0.2, 0) is 26.4 Å². The van der Waals surface area contributed by atoms with E-state index in [0.29, 0.717) is 16.6 Å². The molecule has 9 heavy (non-hydrogen) atoms. The van der Waals surface area contributed by atoms with E-state index in [1.165, 1.54) is 0 Å². The molecule has 0 unspecified atom stereocenters. The summed E-state index contributed by atoms with van der Waals surface area (Å²) in [5.74, 6) is 0. The van der Waals surface area contributed by atoms with E-state index in [1.54, 1.807) is 0 Å². The van der Waals surface area contributed by atoms with Crippen LogP contribution >= 0.6 is 10.7 Å². The normalized spacial score (nSPS) is 7.00. The molecule has 4 nitrogen and oxygen atoms in total. The smallest absolute Gasteiger partial charge is 0.407 e. The fourth-order valence-corrected chi connectivity index (χ4v) is 0. The van der Waals surface area contributed by atoms with Crippen LogP contribution in [-0.4, -0.2) is 56.8 Å². The average Bonchev–Trinajstić information content (AvgIpc) is 1.36. The molecule has 0 atom stereocenters. The van der Waals surface area contributed by atoms with E-state index in [1.807, 2.05) is 0 Å². The zero-order valence-corrected chi connectivity index (χ0v) is 8.53. The van der Waals surface area contributed by atoms with Gasteiger partial charge in [0.05, 0.1) is 0 Å². The van der Waals surface area contributed by atoms with Crippen molar-refractivity contribution >= 4 is 59.7 Å². The Balaban J connectivity index is -0.0000000286. The molecule has 0 aromatic heterocycles. The maximum atomic E-state index is 8.95. The van der Waals surface area contributed by atoms with Crippen LogP contribution in [0, 0.1) is 0 Å². The van der Waals surface area contributed by atoms with Gasteiger partial charge in [-0.25, -0.2) is 0 Å². The zero-order chi connectivity index (χ0) is 6.50. The van der Waals surface area contributed by atoms with Crippen molar-refractivity contribution in [1.29, 1.82) is 0 Å². The summed E-state index contributed by atoms with van der Waals surface area (Å²) in [5, 5.41) is 0. The number of hydrogen-bond donors (Lipinski definition) is 2. The van der Waals surface area contributed by atoms with Gasteiger partial charge in [-0.1, -0.05) is 0 Å². The van der Waals surface area contributed by atoms with Crippen LogP contribution in [0.4, 0.5) is 0 Å². The quantitative estimate of drug-likeness (QED) is 0.284. The van der Waals surface area contributed by atoms with Gasteiger partial charge in [0.15, 0.2) is 0 Å². The van der Waals surface area contributed by atoms with Gasteiger partial charge in [-0.15, -0.1) is 0 Å². The molecule has 0 spiro atoms.